The molecule has 0 saturated carbocycles. The molecule has 0 aliphatic heterocycles. The molecule has 0 radical (unpaired) electrons. The van der Waals surface area contributed by atoms with Gasteiger partial charge in [-0.15, -0.1) is 0 Å². The lowest BCUT2D eigenvalue weighted by molar-refractivity contribution is -0.145. The van der Waals surface area contributed by atoms with Gasteiger partial charge in [0.2, 0.25) is 6.10 Å². The van der Waals surface area contributed by atoms with Crippen LogP contribution in [0.3, 0.4) is 0 Å². The summed E-state index contributed by atoms with van der Waals surface area (Å²) < 4.78 is 16.1. The van der Waals surface area contributed by atoms with E-state index in [-0.39, 0.29) is 11.3 Å². The molecule has 2 aromatic heterocycles. The van der Waals surface area contributed by atoms with E-state index in [2.05, 4.69) is 0 Å². The molecule has 3 rings (SSSR count). The highest BCUT2D eigenvalue weighted by Gasteiger charge is 2.24. The zero-order chi connectivity index (χ0) is 17.6. The number of thiophene rings is 1. The van der Waals surface area contributed by atoms with Crippen LogP contribution in [0.4, 0.5) is 0 Å². The first-order valence-electron chi connectivity index (χ1n) is 7.27. The molecule has 1 atom stereocenters. The molecule has 1 aromatic carbocycles. The normalized spacial score (nSPS) is 11.5. The molecule has 0 aliphatic carbocycles. The molecule has 0 bridgehead atoms. The number of ether oxygens (including phenoxy) is 2. The maximum atomic E-state index is 11.5. The van der Waals surface area contributed by atoms with E-state index < -0.39 is 12.1 Å². The number of aliphatic carboxylic acids is 1. The Labute approximate surface area is 147 Å². The van der Waals surface area contributed by atoms with Crippen LogP contribution in [0.5, 0.6) is 11.5 Å². The third-order valence-corrected chi connectivity index (χ3v) is 4.11. The number of furan rings is 1. The van der Waals surface area contributed by atoms with Gasteiger partial charge in [0.25, 0.3) is 0 Å². The average Bonchev–Trinajstić information content (AvgIpc) is 3.31. The van der Waals surface area contributed by atoms with Gasteiger partial charge in [0.05, 0.1) is 18.1 Å². The van der Waals surface area contributed by atoms with E-state index in [1.54, 1.807) is 17.4 Å². The van der Waals surface area contributed by atoms with E-state index in [1.807, 2.05) is 22.9 Å². The lowest BCUT2D eigenvalue weighted by atomic mass is 10.1. The van der Waals surface area contributed by atoms with E-state index in [4.69, 9.17) is 13.9 Å². The molecule has 0 saturated heterocycles. The van der Waals surface area contributed by atoms with Crippen molar-refractivity contribution in [2.45, 2.75) is 12.7 Å². The Morgan fingerprint density at radius 1 is 1.36 bits per heavy atom. The van der Waals surface area contributed by atoms with Crippen LogP contribution in [0, 0.1) is 11.3 Å². The van der Waals surface area contributed by atoms with Gasteiger partial charge in [-0.3, -0.25) is 0 Å². The van der Waals surface area contributed by atoms with Gasteiger partial charge in [-0.25, -0.2) is 4.79 Å². The number of carboxylic acid groups (broad SMARTS) is 1. The molecule has 6 nitrogen and oxygen atoms in total. The Balaban J connectivity index is 1.82. The van der Waals surface area contributed by atoms with Crippen LogP contribution in [0.2, 0.25) is 0 Å². The summed E-state index contributed by atoms with van der Waals surface area (Å²) in [6, 6.07) is 10.1. The minimum Gasteiger partial charge on any atom is -0.489 e. The summed E-state index contributed by atoms with van der Waals surface area (Å²) in [7, 11) is 0. The van der Waals surface area contributed by atoms with Gasteiger partial charge in [0.15, 0.2) is 0 Å². The van der Waals surface area contributed by atoms with Crippen molar-refractivity contribution in [1.82, 2.24) is 0 Å². The largest absolute Gasteiger partial charge is 0.489 e. The topological polar surface area (TPSA) is 92.7 Å². The molecule has 7 heteroatoms. The molecule has 1 unspecified atom stereocenters. The Morgan fingerprint density at radius 2 is 2.24 bits per heavy atom. The van der Waals surface area contributed by atoms with Crippen LogP contribution < -0.4 is 9.47 Å². The fourth-order valence-electron chi connectivity index (χ4n) is 2.14. The molecule has 0 fully saturated rings. The van der Waals surface area contributed by atoms with Gasteiger partial charge < -0.3 is 19.0 Å². The minimum absolute atomic E-state index is 0.138. The van der Waals surface area contributed by atoms with Gasteiger partial charge in [-0.2, -0.15) is 16.6 Å². The van der Waals surface area contributed by atoms with Crippen molar-refractivity contribution in [1.29, 1.82) is 5.26 Å². The second-order valence-corrected chi connectivity index (χ2v) is 5.86. The predicted molar refractivity (Wildman–Crippen MR) is 89.5 cm³/mol. The summed E-state index contributed by atoms with van der Waals surface area (Å²) in [6.07, 6.45) is 1.38. The number of nitrogens with zero attached hydrogens (tertiary/aromatic N) is 1. The van der Waals surface area contributed by atoms with Crippen LogP contribution in [0.15, 0.2) is 58.0 Å². The quantitative estimate of drug-likeness (QED) is 0.689. The van der Waals surface area contributed by atoms with E-state index in [0.717, 1.165) is 5.56 Å². The lowest BCUT2D eigenvalue weighted by Crippen LogP contribution is -2.18. The third kappa shape index (κ3) is 4.00. The van der Waals surface area contributed by atoms with Gasteiger partial charge in [-0.1, -0.05) is 0 Å². The van der Waals surface area contributed by atoms with E-state index in [1.165, 1.54) is 30.7 Å². The molecular formula is C18H13NO5S. The van der Waals surface area contributed by atoms with Crippen LogP contribution in [-0.2, 0) is 11.4 Å². The predicted octanol–water partition coefficient (Wildman–Crippen LogP) is 4.00. The minimum atomic E-state index is -1.28. The smallest absolute Gasteiger partial charge is 0.349 e. The maximum absolute atomic E-state index is 11.5. The highest BCUT2D eigenvalue weighted by molar-refractivity contribution is 7.07. The van der Waals surface area contributed by atoms with E-state index >= 15 is 0 Å². The fourth-order valence-corrected chi connectivity index (χ4v) is 2.79. The molecule has 3 aromatic rings. The zero-order valence-corrected chi connectivity index (χ0v) is 13.7. The fraction of sp³-hybridized carbons (Fsp3) is 0.111. The van der Waals surface area contributed by atoms with Gasteiger partial charge in [0.1, 0.15) is 24.2 Å². The maximum Gasteiger partial charge on any atom is 0.349 e. The lowest BCUT2D eigenvalue weighted by Gasteiger charge is -2.15. The molecule has 0 aliphatic rings. The average molecular weight is 355 g/mol. The third-order valence-electron chi connectivity index (χ3n) is 3.37. The van der Waals surface area contributed by atoms with Crippen LogP contribution >= 0.6 is 11.3 Å². The number of carboxylic acids is 1. The molecule has 2 heterocycles. The van der Waals surface area contributed by atoms with Crippen molar-refractivity contribution < 1.29 is 23.8 Å². The Bertz CT molecular complexity index is 881. The first-order valence-corrected chi connectivity index (χ1v) is 8.21. The van der Waals surface area contributed by atoms with Crippen molar-refractivity contribution in [3.8, 4) is 17.6 Å². The summed E-state index contributed by atoms with van der Waals surface area (Å²) in [4.78, 5) is 11.5. The number of nitriles is 1. The highest BCUT2D eigenvalue weighted by atomic mass is 32.1. The first-order chi connectivity index (χ1) is 12.2. The van der Waals surface area contributed by atoms with Crippen molar-refractivity contribution in [2.75, 3.05) is 0 Å². The second kappa shape index (κ2) is 7.55. The number of rotatable bonds is 7. The van der Waals surface area contributed by atoms with Gasteiger partial charge in [0, 0.05) is 11.6 Å². The molecule has 0 spiro atoms. The number of hydrogen-bond donors (Lipinski definition) is 1. The van der Waals surface area contributed by atoms with Crippen LogP contribution in [0.25, 0.3) is 0 Å². The van der Waals surface area contributed by atoms with Gasteiger partial charge >= 0.3 is 5.97 Å². The summed E-state index contributed by atoms with van der Waals surface area (Å²) in [6.45, 7) is 0.374. The van der Waals surface area contributed by atoms with Crippen molar-refractivity contribution in [2.24, 2.45) is 0 Å². The van der Waals surface area contributed by atoms with E-state index in [9.17, 15) is 15.2 Å². The molecule has 0 amide bonds. The Hall–Kier alpha value is -3.24. The van der Waals surface area contributed by atoms with Crippen LogP contribution in [0.1, 0.15) is 22.8 Å². The van der Waals surface area contributed by atoms with E-state index in [0.29, 0.717) is 17.9 Å². The number of hydrogen-bond acceptors (Lipinski definition) is 6. The Kier molecular flexibility index (Phi) is 5.02. The van der Waals surface area contributed by atoms with Crippen molar-refractivity contribution in [3.05, 3.63) is 70.3 Å². The van der Waals surface area contributed by atoms with Crippen molar-refractivity contribution in [3.63, 3.8) is 0 Å². The second-order valence-electron chi connectivity index (χ2n) is 5.08. The number of benzene rings is 1. The molecule has 25 heavy (non-hydrogen) atoms. The standard InChI is InChI=1S/C18H13NO5S/c19-8-13-1-2-15(23-9-12-4-6-25-11-12)7-16(13)24-17(18(20)21)14-3-5-22-10-14/h1-7,10-11,17H,9H2,(H,20,21). The van der Waals surface area contributed by atoms with Gasteiger partial charge in [-0.05, 0) is 40.6 Å². The Morgan fingerprint density at radius 3 is 2.88 bits per heavy atom. The zero-order valence-electron chi connectivity index (χ0n) is 12.9. The summed E-state index contributed by atoms with van der Waals surface area (Å²) >= 11 is 1.57. The first kappa shape index (κ1) is 16.6. The summed E-state index contributed by atoms with van der Waals surface area (Å²) in [5, 5.41) is 22.5. The molecule has 126 valence electrons. The summed E-state index contributed by atoms with van der Waals surface area (Å²) in [5.41, 5.74) is 1.59. The monoisotopic (exact) mass is 355 g/mol. The molecule has 1 N–H and O–H groups in total. The number of carbonyl (C=O) groups is 1. The molecular weight excluding hydrogens is 342 g/mol. The van der Waals surface area contributed by atoms with Crippen molar-refractivity contribution >= 4 is 17.3 Å². The summed E-state index contributed by atoms with van der Waals surface area (Å²) in [5.74, 6) is -0.565. The highest BCUT2D eigenvalue weighted by Crippen LogP contribution is 2.30. The SMILES string of the molecule is N#Cc1ccc(OCc2ccsc2)cc1OC(C(=O)O)c1ccoc1. The van der Waals surface area contributed by atoms with Crippen LogP contribution in [-0.4, -0.2) is 11.1 Å².